The van der Waals surface area contributed by atoms with Crippen LogP contribution in [-0.2, 0) is 0 Å². The summed E-state index contributed by atoms with van der Waals surface area (Å²) in [5, 5.41) is 13.1. The molecule has 7 heteroatoms. The summed E-state index contributed by atoms with van der Waals surface area (Å²) in [6.07, 6.45) is 0. The van der Waals surface area contributed by atoms with Crippen molar-refractivity contribution in [3.8, 4) is 6.07 Å². The Bertz CT molecular complexity index is 602. The molecule has 2 amide bonds. The lowest BCUT2D eigenvalue weighted by atomic mass is 10.1. The molecule has 0 aliphatic carbocycles. The highest BCUT2D eigenvalue weighted by molar-refractivity contribution is 6.35. The Balaban J connectivity index is 2.01. The summed E-state index contributed by atoms with van der Waals surface area (Å²) in [6, 6.07) is 6.71. The number of hydrogen-bond acceptors (Lipinski definition) is 3. The van der Waals surface area contributed by atoms with E-state index < -0.39 is 0 Å². The molecule has 2 atom stereocenters. The number of nitriles is 1. The number of nitrogens with one attached hydrogen (secondary N) is 1. The second-order valence-corrected chi connectivity index (χ2v) is 6.25. The Kier molecular flexibility index (Phi) is 5.52. The molecule has 1 unspecified atom stereocenters. The van der Waals surface area contributed by atoms with E-state index in [1.165, 1.54) is 0 Å². The molecule has 2 rings (SSSR count). The van der Waals surface area contributed by atoms with Crippen molar-refractivity contribution in [2.75, 3.05) is 26.7 Å². The molecule has 0 aromatic heterocycles. The van der Waals surface area contributed by atoms with Gasteiger partial charge in [0.1, 0.15) is 6.04 Å². The van der Waals surface area contributed by atoms with E-state index in [1.807, 2.05) is 18.9 Å². The van der Waals surface area contributed by atoms with Crippen molar-refractivity contribution in [1.29, 1.82) is 5.26 Å². The molecule has 1 aromatic carbocycles. The minimum absolute atomic E-state index is 0.188. The Morgan fingerprint density at radius 2 is 2.18 bits per heavy atom. The number of halogens is 2. The SMILES string of the molecule is C[C@@H](NC(=O)N1CCN(C)C(C#N)C1)c1ccc(Cl)cc1Cl. The van der Waals surface area contributed by atoms with Gasteiger partial charge in [0, 0.05) is 23.1 Å². The number of piperazine rings is 1. The summed E-state index contributed by atoms with van der Waals surface area (Å²) in [5.74, 6) is 0. The molecule has 22 heavy (non-hydrogen) atoms. The predicted molar refractivity (Wildman–Crippen MR) is 87.0 cm³/mol. The van der Waals surface area contributed by atoms with Crippen LogP contribution < -0.4 is 5.32 Å². The minimum atomic E-state index is -0.270. The van der Waals surface area contributed by atoms with Gasteiger partial charge >= 0.3 is 6.03 Å². The van der Waals surface area contributed by atoms with Crippen LogP contribution in [0.15, 0.2) is 18.2 Å². The van der Waals surface area contributed by atoms with Gasteiger partial charge in [0.15, 0.2) is 0 Å². The highest BCUT2D eigenvalue weighted by Crippen LogP contribution is 2.26. The maximum absolute atomic E-state index is 12.3. The molecule has 1 saturated heterocycles. The fourth-order valence-corrected chi connectivity index (χ4v) is 2.98. The summed E-state index contributed by atoms with van der Waals surface area (Å²) in [7, 11) is 1.89. The number of benzene rings is 1. The third-order valence-electron chi connectivity index (χ3n) is 3.85. The van der Waals surface area contributed by atoms with Gasteiger partial charge in [-0.25, -0.2) is 4.79 Å². The first-order chi connectivity index (χ1) is 10.4. The molecule has 1 heterocycles. The third-order valence-corrected chi connectivity index (χ3v) is 4.42. The Morgan fingerprint density at radius 1 is 1.45 bits per heavy atom. The number of rotatable bonds is 2. The largest absolute Gasteiger partial charge is 0.331 e. The van der Waals surface area contributed by atoms with Crippen LogP contribution in [0.3, 0.4) is 0 Å². The summed E-state index contributed by atoms with van der Waals surface area (Å²) in [6.45, 7) is 3.55. The minimum Gasteiger partial charge on any atom is -0.331 e. The molecule has 1 aromatic rings. The Hall–Kier alpha value is -1.48. The highest BCUT2D eigenvalue weighted by atomic mass is 35.5. The first kappa shape index (κ1) is 16.9. The van der Waals surface area contributed by atoms with Crippen LogP contribution in [0, 0.1) is 11.3 Å². The molecule has 5 nitrogen and oxygen atoms in total. The lowest BCUT2D eigenvalue weighted by Gasteiger charge is -2.36. The number of carbonyl (C=O) groups excluding carboxylic acids is 1. The van der Waals surface area contributed by atoms with Crippen LogP contribution in [0.2, 0.25) is 10.0 Å². The molecule has 0 radical (unpaired) electrons. The standard InChI is InChI=1S/C15H18Cl2N4O/c1-10(13-4-3-11(16)7-14(13)17)19-15(22)21-6-5-20(2)12(8-18)9-21/h3-4,7,10,12H,5-6,9H2,1-2H3,(H,19,22)/t10-,12?/m1/s1. The van der Waals surface area contributed by atoms with Crippen LogP contribution in [0.25, 0.3) is 0 Å². The molecular formula is C15H18Cl2N4O. The third kappa shape index (κ3) is 3.83. The topological polar surface area (TPSA) is 59.4 Å². The van der Waals surface area contributed by atoms with E-state index in [0.29, 0.717) is 29.7 Å². The van der Waals surface area contributed by atoms with Crippen molar-refractivity contribution in [3.05, 3.63) is 33.8 Å². The van der Waals surface area contributed by atoms with Crippen molar-refractivity contribution < 1.29 is 4.79 Å². The van der Waals surface area contributed by atoms with E-state index >= 15 is 0 Å². The van der Waals surface area contributed by atoms with Crippen LogP contribution in [0.4, 0.5) is 4.79 Å². The van der Waals surface area contributed by atoms with Gasteiger partial charge in [-0.1, -0.05) is 29.3 Å². The Morgan fingerprint density at radius 3 is 2.82 bits per heavy atom. The van der Waals surface area contributed by atoms with E-state index in [2.05, 4.69) is 11.4 Å². The van der Waals surface area contributed by atoms with Crippen molar-refractivity contribution in [2.45, 2.75) is 19.0 Å². The first-order valence-electron chi connectivity index (χ1n) is 7.02. The van der Waals surface area contributed by atoms with Crippen molar-refractivity contribution in [2.24, 2.45) is 0 Å². The van der Waals surface area contributed by atoms with Crippen molar-refractivity contribution in [1.82, 2.24) is 15.1 Å². The van der Waals surface area contributed by atoms with Gasteiger partial charge in [0.05, 0.1) is 18.7 Å². The van der Waals surface area contributed by atoms with Gasteiger partial charge in [-0.15, -0.1) is 0 Å². The fraction of sp³-hybridized carbons (Fsp3) is 0.467. The number of urea groups is 1. The van der Waals surface area contributed by atoms with E-state index in [0.717, 1.165) is 5.56 Å². The molecule has 1 fully saturated rings. The lowest BCUT2D eigenvalue weighted by molar-refractivity contribution is 0.130. The molecule has 1 N–H and O–H groups in total. The van der Waals surface area contributed by atoms with E-state index in [1.54, 1.807) is 23.1 Å². The molecule has 0 bridgehead atoms. The van der Waals surface area contributed by atoms with Gasteiger partial charge in [-0.05, 0) is 31.7 Å². The smallest absolute Gasteiger partial charge is 0.318 e. The number of carbonyl (C=O) groups is 1. The second kappa shape index (κ2) is 7.19. The maximum atomic E-state index is 12.3. The zero-order valence-corrected chi connectivity index (χ0v) is 14.0. The summed E-state index contributed by atoms with van der Waals surface area (Å²) in [5.41, 5.74) is 0.811. The second-order valence-electron chi connectivity index (χ2n) is 5.41. The number of amides is 2. The molecule has 0 saturated carbocycles. The average molecular weight is 341 g/mol. The van der Waals surface area contributed by atoms with Gasteiger partial charge in [0.2, 0.25) is 0 Å². The quantitative estimate of drug-likeness (QED) is 0.900. The predicted octanol–water partition coefficient (Wildman–Crippen LogP) is 2.90. The number of hydrogen-bond donors (Lipinski definition) is 1. The molecule has 118 valence electrons. The number of likely N-dealkylation sites (N-methyl/N-ethyl adjacent to an activating group) is 1. The van der Waals surface area contributed by atoms with Crippen LogP contribution >= 0.6 is 23.2 Å². The fourth-order valence-electron chi connectivity index (χ4n) is 2.40. The average Bonchev–Trinajstić information content (AvgIpc) is 2.47. The number of nitrogens with zero attached hydrogens (tertiary/aromatic N) is 3. The first-order valence-corrected chi connectivity index (χ1v) is 7.78. The normalized spacial score (nSPS) is 20.3. The lowest BCUT2D eigenvalue weighted by Crippen LogP contribution is -2.55. The maximum Gasteiger partial charge on any atom is 0.318 e. The van der Waals surface area contributed by atoms with Crippen molar-refractivity contribution in [3.63, 3.8) is 0 Å². The van der Waals surface area contributed by atoms with E-state index in [4.69, 9.17) is 28.5 Å². The zero-order chi connectivity index (χ0) is 16.3. The van der Waals surface area contributed by atoms with Crippen LogP contribution in [0.1, 0.15) is 18.5 Å². The molecule has 1 aliphatic rings. The van der Waals surface area contributed by atoms with Gasteiger partial charge < -0.3 is 10.2 Å². The molecule has 0 spiro atoms. The van der Waals surface area contributed by atoms with E-state index in [9.17, 15) is 4.79 Å². The van der Waals surface area contributed by atoms with Crippen LogP contribution in [0.5, 0.6) is 0 Å². The monoisotopic (exact) mass is 340 g/mol. The molecule has 1 aliphatic heterocycles. The van der Waals surface area contributed by atoms with Gasteiger partial charge in [-0.3, -0.25) is 4.90 Å². The van der Waals surface area contributed by atoms with Crippen LogP contribution in [-0.4, -0.2) is 48.6 Å². The highest BCUT2D eigenvalue weighted by Gasteiger charge is 2.28. The summed E-state index contributed by atoms with van der Waals surface area (Å²) in [4.78, 5) is 16.0. The summed E-state index contributed by atoms with van der Waals surface area (Å²) < 4.78 is 0. The zero-order valence-electron chi connectivity index (χ0n) is 12.5. The van der Waals surface area contributed by atoms with E-state index in [-0.39, 0.29) is 18.1 Å². The van der Waals surface area contributed by atoms with Crippen molar-refractivity contribution >= 4 is 29.2 Å². The summed E-state index contributed by atoms with van der Waals surface area (Å²) >= 11 is 12.0. The van der Waals surface area contributed by atoms with Gasteiger partial charge in [-0.2, -0.15) is 5.26 Å². The Labute approximate surface area is 140 Å². The van der Waals surface area contributed by atoms with Gasteiger partial charge in [0.25, 0.3) is 0 Å². The molecular weight excluding hydrogens is 323 g/mol.